The molecule has 4 rings (SSSR count). The average molecular weight is 395 g/mol. The topological polar surface area (TPSA) is 42.0 Å². The van der Waals surface area contributed by atoms with Crippen molar-refractivity contribution in [3.05, 3.63) is 59.2 Å². The number of amides is 1. The lowest BCUT2D eigenvalue weighted by Crippen LogP contribution is -2.49. The highest BCUT2D eigenvalue weighted by Crippen LogP contribution is 2.34. The van der Waals surface area contributed by atoms with Crippen LogP contribution in [-0.2, 0) is 17.7 Å². The molecule has 5 nitrogen and oxygen atoms in total. The first-order valence-corrected chi connectivity index (χ1v) is 10.4. The zero-order valence-corrected chi connectivity index (χ0v) is 17.6. The second-order valence-electron chi connectivity index (χ2n) is 8.23. The molecule has 0 spiro atoms. The van der Waals surface area contributed by atoms with Crippen LogP contribution in [0.25, 0.3) is 0 Å². The summed E-state index contributed by atoms with van der Waals surface area (Å²) >= 11 is 0. The zero-order valence-electron chi connectivity index (χ0n) is 17.6. The van der Waals surface area contributed by atoms with Crippen LogP contribution < -0.4 is 9.64 Å². The lowest BCUT2D eigenvalue weighted by molar-refractivity contribution is 0.0180. The number of nitrogens with zero attached hydrogens (tertiary/aromatic N) is 2. The van der Waals surface area contributed by atoms with Crippen molar-refractivity contribution in [1.82, 2.24) is 4.90 Å². The molecule has 2 aliphatic rings. The van der Waals surface area contributed by atoms with E-state index in [1.54, 1.807) is 7.11 Å². The zero-order chi connectivity index (χ0) is 20.4. The molecule has 0 radical (unpaired) electrons. The third kappa shape index (κ3) is 4.10. The third-order valence-corrected chi connectivity index (χ3v) is 6.29. The number of hydrogen-bond donors (Lipinski definition) is 0. The van der Waals surface area contributed by atoms with Gasteiger partial charge in [-0.25, -0.2) is 0 Å². The van der Waals surface area contributed by atoms with Crippen molar-refractivity contribution in [3.8, 4) is 5.75 Å². The van der Waals surface area contributed by atoms with Crippen molar-refractivity contribution in [2.45, 2.75) is 31.8 Å². The number of rotatable bonds is 4. The Bertz CT molecular complexity index is 857. The van der Waals surface area contributed by atoms with Crippen molar-refractivity contribution in [3.63, 3.8) is 0 Å². The van der Waals surface area contributed by atoms with Gasteiger partial charge in [0.1, 0.15) is 5.75 Å². The molecule has 2 heterocycles. The highest BCUT2D eigenvalue weighted by atomic mass is 16.5. The van der Waals surface area contributed by atoms with E-state index in [0.29, 0.717) is 12.5 Å². The highest BCUT2D eigenvalue weighted by molar-refractivity contribution is 5.95. The summed E-state index contributed by atoms with van der Waals surface area (Å²) in [6.07, 6.45) is 2.89. The molecule has 0 aromatic heterocycles. The van der Waals surface area contributed by atoms with E-state index in [-0.39, 0.29) is 11.9 Å². The fourth-order valence-electron chi connectivity index (χ4n) is 4.52. The Kier molecular flexibility index (Phi) is 5.76. The van der Waals surface area contributed by atoms with Crippen molar-refractivity contribution >= 4 is 11.6 Å². The summed E-state index contributed by atoms with van der Waals surface area (Å²) in [6.45, 7) is 2.22. The maximum Gasteiger partial charge on any atom is 0.254 e. The minimum absolute atomic E-state index is 0.119. The predicted octanol–water partition coefficient (Wildman–Crippen LogP) is 3.75. The smallest absolute Gasteiger partial charge is 0.254 e. The first kappa shape index (κ1) is 19.8. The van der Waals surface area contributed by atoms with Gasteiger partial charge in [0.15, 0.2) is 0 Å². The van der Waals surface area contributed by atoms with Crippen LogP contribution in [0.1, 0.15) is 34.3 Å². The van der Waals surface area contributed by atoms with E-state index in [2.05, 4.69) is 17.0 Å². The SMILES string of the molecule is COc1ccc2c(c1)CC(C1CCOCC1)N(C(=O)c1ccc(N(C)C)cc1)C2. The number of ether oxygens (including phenoxy) is 2. The first-order valence-electron chi connectivity index (χ1n) is 10.4. The number of fused-ring (bicyclic) bond motifs is 1. The van der Waals surface area contributed by atoms with Gasteiger partial charge in [0.25, 0.3) is 5.91 Å². The summed E-state index contributed by atoms with van der Waals surface area (Å²) < 4.78 is 11.0. The second kappa shape index (κ2) is 8.46. The minimum Gasteiger partial charge on any atom is -0.497 e. The normalized spacial score (nSPS) is 19.6. The second-order valence-corrected chi connectivity index (χ2v) is 8.23. The van der Waals surface area contributed by atoms with Gasteiger partial charge in [-0.3, -0.25) is 4.79 Å². The van der Waals surface area contributed by atoms with Gasteiger partial charge in [0.05, 0.1) is 7.11 Å². The third-order valence-electron chi connectivity index (χ3n) is 6.29. The van der Waals surface area contributed by atoms with Gasteiger partial charge in [-0.05, 0) is 72.7 Å². The number of methoxy groups -OCH3 is 1. The lowest BCUT2D eigenvalue weighted by Gasteiger charge is -2.42. The van der Waals surface area contributed by atoms with Crippen molar-refractivity contribution in [2.24, 2.45) is 5.92 Å². The summed E-state index contributed by atoms with van der Waals surface area (Å²) in [4.78, 5) is 17.7. The molecule has 1 atom stereocenters. The van der Waals surface area contributed by atoms with Gasteiger partial charge in [0, 0.05) is 51.1 Å². The van der Waals surface area contributed by atoms with E-state index >= 15 is 0 Å². The van der Waals surface area contributed by atoms with Crippen LogP contribution >= 0.6 is 0 Å². The molecular weight excluding hydrogens is 364 g/mol. The monoisotopic (exact) mass is 394 g/mol. The van der Waals surface area contributed by atoms with Crippen molar-refractivity contribution in [1.29, 1.82) is 0 Å². The highest BCUT2D eigenvalue weighted by Gasteiger charge is 2.36. The Labute approximate surface area is 173 Å². The van der Waals surface area contributed by atoms with Gasteiger partial charge < -0.3 is 19.3 Å². The summed E-state index contributed by atoms with van der Waals surface area (Å²) in [7, 11) is 5.72. The molecule has 29 heavy (non-hydrogen) atoms. The molecular formula is C24H30N2O3. The Morgan fingerprint density at radius 3 is 2.45 bits per heavy atom. The van der Waals surface area contributed by atoms with Crippen LogP contribution in [0, 0.1) is 5.92 Å². The average Bonchev–Trinajstić information content (AvgIpc) is 2.78. The molecule has 0 saturated carbocycles. The van der Waals surface area contributed by atoms with Crippen molar-refractivity contribution < 1.29 is 14.3 Å². The van der Waals surface area contributed by atoms with E-state index < -0.39 is 0 Å². The molecule has 1 unspecified atom stereocenters. The molecule has 1 amide bonds. The van der Waals surface area contributed by atoms with Gasteiger partial charge in [0.2, 0.25) is 0 Å². The largest absolute Gasteiger partial charge is 0.497 e. The van der Waals surface area contributed by atoms with Gasteiger partial charge in [-0.2, -0.15) is 0 Å². The molecule has 2 aliphatic heterocycles. The maximum atomic E-state index is 13.5. The van der Waals surface area contributed by atoms with Gasteiger partial charge in [-0.1, -0.05) is 6.07 Å². The van der Waals surface area contributed by atoms with Crippen molar-refractivity contribution in [2.75, 3.05) is 39.3 Å². The molecule has 2 aromatic rings. The molecule has 0 N–H and O–H groups in total. The number of carbonyl (C=O) groups is 1. The number of benzene rings is 2. The molecule has 2 aromatic carbocycles. The first-order chi connectivity index (χ1) is 14.1. The van der Waals surface area contributed by atoms with E-state index in [9.17, 15) is 4.79 Å². The minimum atomic E-state index is 0.119. The van der Waals surface area contributed by atoms with Crippen LogP contribution in [-0.4, -0.2) is 51.3 Å². The Morgan fingerprint density at radius 1 is 1.07 bits per heavy atom. The quantitative estimate of drug-likeness (QED) is 0.792. The predicted molar refractivity (Wildman–Crippen MR) is 115 cm³/mol. The van der Waals surface area contributed by atoms with E-state index in [4.69, 9.17) is 9.47 Å². The van der Waals surface area contributed by atoms with Crippen LogP contribution in [0.15, 0.2) is 42.5 Å². The van der Waals surface area contributed by atoms with Crippen LogP contribution in [0.2, 0.25) is 0 Å². The fraction of sp³-hybridized carbons (Fsp3) is 0.458. The Hall–Kier alpha value is -2.53. The summed E-state index contributed by atoms with van der Waals surface area (Å²) in [5.74, 6) is 1.47. The van der Waals surface area contributed by atoms with Crippen LogP contribution in [0.4, 0.5) is 5.69 Å². The molecule has 0 aliphatic carbocycles. The standard InChI is InChI=1S/C24H30N2O3/c1-25(2)21-7-4-18(5-8-21)24(27)26-16-19-6-9-22(28-3)14-20(19)15-23(26)17-10-12-29-13-11-17/h4-9,14,17,23H,10-13,15-16H2,1-3H3. The molecule has 154 valence electrons. The van der Waals surface area contributed by atoms with Gasteiger partial charge >= 0.3 is 0 Å². The summed E-state index contributed by atoms with van der Waals surface area (Å²) in [5.41, 5.74) is 4.36. The van der Waals surface area contributed by atoms with E-state index in [0.717, 1.165) is 49.5 Å². The number of carbonyl (C=O) groups excluding carboxylic acids is 1. The Morgan fingerprint density at radius 2 is 1.79 bits per heavy atom. The Balaban J connectivity index is 1.64. The molecule has 0 bridgehead atoms. The number of anilines is 1. The van der Waals surface area contributed by atoms with E-state index in [1.165, 1.54) is 11.1 Å². The fourth-order valence-corrected chi connectivity index (χ4v) is 4.52. The summed E-state index contributed by atoms with van der Waals surface area (Å²) in [5, 5.41) is 0. The maximum absolute atomic E-state index is 13.5. The van der Waals surface area contributed by atoms with Crippen LogP contribution in [0.3, 0.4) is 0 Å². The molecule has 1 fully saturated rings. The molecule has 5 heteroatoms. The van der Waals surface area contributed by atoms with E-state index in [1.807, 2.05) is 49.3 Å². The number of hydrogen-bond acceptors (Lipinski definition) is 4. The molecule has 1 saturated heterocycles. The van der Waals surface area contributed by atoms with Gasteiger partial charge in [-0.15, -0.1) is 0 Å². The van der Waals surface area contributed by atoms with Crippen LogP contribution in [0.5, 0.6) is 5.75 Å². The lowest BCUT2D eigenvalue weighted by atomic mass is 9.82. The summed E-state index contributed by atoms with van der Waals surface area (Å²) in [6, 6.07) is 14.3.